The molecule has 1 saturated heterocycles. The molecule has 8 heteroatoms. The van der Waals surface area contributed by atoms with E-state index in [1.54, 1.807) is 6.92 Å². The van der Waals surface area contributed by atoms with E-state index in [0.717, 1.165) is 32.2 Å². The molecular formula is C16H23N4O4+. The van der Waals surface area contributed by atoms with Gasteiger partial charge in [-0.1, -0.05) is 0 Å². The van der Waals surface area contributed by atoms with E-state index in [4.69, 9.17) is 0 Å². The van der Waals surface area contributed by atoms with Gasteiger partial charge in [-0.15, -0.1) is 0 Å². The summed E-state index contributed by atoms with van der Waals surface area (Å²) >= 11 is 0. The predicted octanol–water partition coefficient (Wildman–Crippen LogP) is -1.05. The Morgan fingerprint density at radius 3 is 2.54 bits per heavy atom. The topological polar surface area (TPSA) is 107 Å². The molecule has 0 aliphatic carbocycles. The number of hydrogen-bond acceptors (Lipinski definition) is 5. The van der Waals surface area contributed by atoms with Crippen LogP contribution in [-0.4, -0.2) is 65.9 Å². The first-order valence-corrected chi connectivity index (χ1v) is 7.81. The number of nitrogens with one attached hydrogen (secondary N) is 2. The summed E-state index contributed by atoms with van der Waals surface area (Å²) in [7, 11) is 2.10. The first-order chi connectivity index (χ1) is 11.4. The molecule has 1 aliphatic rings. The molecule has 0 unspecified atom stereocenters. The van der Waals surface area contributed by atoms with Gasteiger partial charge < -0.3 is 20.0 Å². The Morgan fingerprint density at radius 1 is 1.25 bits per heavy atom. The molecule has 4 N–H and O–H groups in total. The van der Waals surface area contributed by atoms with Gasteiger partial charge in [0, 0.05) is 11.3 Å². The molecule has 24 heavy (non-hydrogen) atoms. The zero-order valence-electron chi connectivity index (χ0n) is 13.9. The Balaban J connectivity index is 1.87. The Hall–Kier alpha value is -2.61. The minimum atomic E-state index is -0.528. The average Bonchev–Trinajstić information content (AvgIpc) is 2.55. The molecule has 0 atom stereocenters. The van der Waals surface area contributed by atoms with Crippen molar-refractivity contribution < 1.29 is 24.7 Å². The van der Waals surface area contributed by atoms with Crippen molar-refractivity contribution in [1.29, 1.82) is 0 Å². The van der Waals surface area contributed by atoms with E-state index in [1.165, 1.54) is 17.0 Å². The maximum Gasteiger partial charge on any atom is 0.271 e. The minimum absolute atomic E-state index is 0.000256. The van der Waals surface area contributed by atoms with Crippen LogP contribution in [0.25, 0.3) is 0 Å². The van der Waals surface area contributed by atoms with E-state index < -0.39 is 5.91 Å². The fraction of sp³-hybridized carbons (Fsp3) is 0.438. The number of phenolic OH excluding ortho intramolecular Hbond substituents is 2. The predicted molar refractivity (Wildman–Crippen MR) is 88.2 cm³/mol. The van der Waals surface area contributed by atoms with Crippen molar-refractivity contribution in [2.24, 2.45) is 5.10 Å². The lowest BCUT2D eigenvalue weighted by Crippen LogP contribution is -3.12. The fourth-order valence-corrected chi connectivity index (χ4v) is 2.38. The van der Waals surface area contributed by atoms with Crippen LogP contribution in [0, 0.1) is 0 Å². The molecule has 0 radical (unpaired) electrons. The van der Waals surface area contributed by atoms with E-state index in [-0.39, 0.29) is 29.4 Å². The third-order valence-electron chi connectivity index (χ3n) is 3.96. The number of hydrazone groups is 1. The number of carbonyl (C=O) groups excluding carboxylic acids is 2. The van der Waals surface area contributed by atoms with E-state index in [2.05, 4.69) is 17.6 Å². The molecule has 1 aliphatic heterocycles. The largest absolute Gasteiger partial charge is 0.504 e. The average molecular weight is 335 g/mol. The standard InChI is InChI=1S/C16H22N4O4/c1-11(9-15(23)20-7-5-19(2)6-8-20)17-18-16(24)12-3-4-13(21)14(22)10-12/h3-4,10,21-22H,5-9H2,1-2H3,(H,18,24)/p+1. The van der Waals surface area contributed by atoms with Crippen LogP contribution in [0.5, 0.6) is 11.5 Å². The molecule has 2 rings (SSSR count). The number of likely N-dealkylation sites (N-methyl/N-ethyl adjacent to an activating group) is 1. The molecule has 0 spiro atoms. The van der Waals surface area contributed by atoms with Gasteiger partial charge in [0.2, 0.25) is 5.91 Å². The second-order valence-electron chi connectivity index (χ2n) is 6.01. The number of amides is 2. The number of piperazine rings is 1. The number of hydrogen-bond donors (Lipinski definition) is 4. The highest BCUT2D eigenvalue weighted by molar-refractivity contribution is 6.01. The Labute approximate surface area is 140 Å². The summed E-state index contributed by atoms with van der Waals surface area (Å²) in [5.74, 6) is -1.21. The third kappa shape index (κ3) is 4.69. The summed E-state index contributed by atoms with van der Waals surface area (Å²) in [4.78, 5) is 27.3. The highest BCUT2D eigenvalue weighted by Gasteiger charge is 2.21. The maximum atomic E-state index is 12.2. The molecule has 1 aromatic rings. The second kappa shape index (κ2) is 7.78. The van der Waals surface area contributed by atoms with Gasteiger partial charge in [0.05, 0.1) is 39.6 Å². The van der Waals surface area contributed by atoms with Crippen molar-refractivity contribution >= 4 is 17.5 Å². The molecule has 0 bridgehead atoms. The minimum Gasteiger partial charge on any atom is -0.504 e. The van der Waals surface area contributed by atoms with Crippen LogP contribution in [0.3, 0.4) is 0 Å². The quantitative estimate of drug-likeness (QED) is 0.320. The number of rotatable bonds is 4. The molecule has 1 fully saturated rings. The summed E-state index contributed by atoms with van der Waals surface area (Å²) < 4.78 is 0. The van der Waals surface area contributed by atoms with Gasteiger partial charge in [0.25, 0.3) is 5.91 Å². The van der Waals surface area contributed by atoms with Crippen molar-refractivity contribution in [3.05, 3.63) is 23.8 Å². The molecular weight excluding hydrogens is 312 g/mol. The monoisotopic (exact) mass is 335 g/mol. The van der Waals surface area contributed by atoms with Gasteiger partial charge in [0.1, 0.15) is 0 Å². The lowest BCUT2D eigenvalue weighted by atomic mass is 10.2. The van der Waals surface area contributed by atoms with Crippen LogP contribution in [0.1, 0.15) is 23.7 Å². The van der Waals surface area contributed by atoms with Crippen molar-refractivity contribution in [3.8, 4) is 11.5 Å². The molecule has 2 amide bonds. The van der Waals surface area contributed by atoms with Crippen LogP contribution in [0.2, 0.25) is 0 Å². The number of aromatic hydroxyl groups is 2. The highest BCUT2D eigenvalue weighted by Crippen LogP contribution is 2.24. The van der Waals surface area contributed by atoms with Crippen LogP contribution in [0.15, 0.2) is 23.3 Å². The number of quaternary nitrogens is 1. The molecule has 1 heterocycles. The van der Waals surface area contributed by atoms with Crippen molar-refractivity contribution in [2.75, 3.05) is 33.2 Å². The van der Waals surface area contributed by atoms with Gasteiger partial charge in [-0.3, -0.25) is 9.59 Å². The van der Waals surface area contributed by atoms with Crippen molar-refractivity contribution in [1.82, 2.24) is 10.3 Å². The Morgan fingerprint density at radius 2 is 1.92 bits per heavy atom. The van der Waals surface area contributed by atoms with E-state index in [1.807, 2.05) is 4.90 Å². The fourth-order valence-electron chi connectivity index (χ4n) is 2.38. The Kier molecular flexibility index (Phi) is 5.75. The highest BCUT2D eigenvalue weighted by atomic mass is 16.3. The zero-order valence-corrected chi connectivity index (χ0v) is 13.9. The van der Waals surface area contributed by atoms with Gasteiger partial charge in [-0.05, 0) is 25.1 Å². The van der Waals surface area contributed by atoms with E-state index in [9.17, 15) is 19.8 Å². The van der Waals surface area contributed by atoms with Gasteiger partial charge >= 0.3 is 0 Å². The SMILES string of the molecule is CC(CC(=O)N1CC[NH+](C)CC1)=NNC(=O)c1ccc(O)c(O)c1. The second-order valence-corrected chi connectivity index (χ2v) is 6.01. The number of carbonyl (C=O) groups is 2. The number of nitrogens with zero attached hydrogens (tertiary/aromatic N) is 2. The normalized spacial score (nSPS) is 16.1. The summed E-state index contributed by atoms with van der Waals surface area (Å²) in [6.45, 7) is 5.01. The molecule has 0 saturated carbocycles. The Bertz CT molecular complexity index is 651. The van der Waals surface area contributed by atoms with E-state index in [0.29, 0.717) is 5.71 Å². The van der Waals surface area contributed by atoms with Crippen LogP contribution < -0.4 is 10.3 Å². The summed E-state index contributed by atoms with van der Waals surface area (Å²) in [6.07, 6.45) is 0.153. The van der Waals surface area contributed by atoms with Crippen molar-refractivity contribution in [2.45, 2.75) is 13.3 Å². The van der Waals surface area contributed by atoms with Crippen LogP contribution >= 0.6 is 0 Å². The zero-order chi connectivity index (χ0) is 17.7. The van der Waals surface area contributed by atoms with E-state index >= 15 is 0 Å². The number of benzene rings is 1. The molecule has 1 aromatic carbocycles. The molecule has 0 aromatic heterocycles. The molecule has 8 nitrogen and oxygen atoms in total. The van der Waals surface area contributed by atoms with Gasteiger partial charge in [-0.25, -0.2) is 5.43 Å². The van der Waals surface area contributed by atoms with Crippen molar-refractivity contribution in [3.63, 3.8) is 0 Å². The first kappa shape index (κ1) is 17.7. The summed E-state index contributed by atoms with van der Waals surface area (Å²) in [5.41, 5.74) is 3.01. The lowest BCUT2D eigenvalue weighted by molar-refractivity contribution is -0.883. The first-order valence-electron chi connectivity index (χ1n) is 7.81. The van der Waals surface area contributed by atoms with Gasteiger partial charge in [-0.2, -0.15) is 5.10 Å². The smallest absolute Gasteiger partial charge is 0.271 e. The van der Waals surface area contributed by atoms with Crippen LogP contribution in [0.4, 0.5) is 0 Å². The summed E-state index contributed by atoms with van der Waals surface area (Å²) in [5, 5.41) is 22.5. The maximum absolute atomic E-state index is 12.2. The third-order valence-corrected chi connectivity index (χ3v) is 3.96. The lowest BCUT2D eigenvalue weighted by Gasteiger charge is -2.30. The van der Waals surface area contributed by atoms with Crippen LogP contribution in [-0.2, 0) is 4.79 Å². The van der Waals surface area contributed by atoms with Gasteiger partial charge in [0.15, 0.2) is 11.5 Å². The number of phenols is 2. The summed E-state index contributed by atoms with van der Waals surface area (Å²) in [6, 6.07) is 3.74. The molecule has 130 valence electrons.